The van der Waals surface area contributed by atoms with E-state index in [4.69, 9.17) is 15.4 Å². The largest absolute Gasteiger partial charge is 0.501 e. The molecule has 0 saturated carbocycles. The number of hydrogen-bond acceptors (Lipinski definition) is 3. The van der Waals surface area contributed by atoms with Gasteiger partial charge in [-0.1, -0.05) is 129 Å². The van der Waals surface area contributed by atoms with E-state index in [1.807, 2.05) is 50.4 Å². The van der Waals surface area contributed by atoms with Crippen LogP contribution in [0, 0.1) is 19.0 Å². The molecule has 0 bridgehead atoms. The van der Waals surface area contributed by atoms with Gasteiger partial charge in [0.1, 0.15) is 5.58 Å². The van der Waals surface area contributed by atoms with Gasteiger partial charge in [-0.15, -0.1) is 53.6 Å². The van der Waals surface area contributed by atoms with Crippen LogP contribution >= 0.6 is 0 Å². The van der Waals surface area contributed by atoms with E-state index >= 15 is 0 Å². The van der Waals surface area contributed by atoms with Gasteiger partial charge >= 0.3 is 0 Å². The molecule has 0 fully saturated rings. The molecular weight excluding hydrogens is 853 g/mol. The number of hydrogen-bond donors (Lipinski definition) is 0. The van der Waals surface area contributed by atoms with Gasteiger partial charge in [0, 0.05) is 48.9 Å². The zero-order valence-electron chi connectivity index (χ0n) is 39.0. The third-order valence-electron chi connectivity index (χ3n) is 9.80. The first-order valence-corrected chi connectivity index (χ1v) is 21.5. The fourth-order valence-corrected chi connectivity index (χ4v) is 8.70. The standard InChI is InChI=1S/C31H22NO.C18H24NSi.Ir/c1-3-10-23-20(7-1)9-5-12-24(23)22-15-16-26-27-13-6-14-28(31(27)33-29(26)19-22)30-25-11-4-2-8-21(25)17-18-32-30;1-13(2)16-11-17(15-9-7-14(3)8-10-15)19-12-18(16)20(4,5)6;/h1,3,5-7,9-10,12-13,15-19H,2,4,8,11H2;7-9,11-13H,1-6H3;/q2*-1;/i8D2,11D2;3D3,13D;. The van der Waals surface area contributed by atoms with Gasteiger partial charge < -0.3 is 14.4 Å². The normalized spacial score (nSPS) is 17.2. The van der Waals surface area contributed by atoms with Crippen molar-refractivity contribution < 1.29 is 35.5 Å². The van der Waals surface area contributed by atoms with Crippen LogP contribution in [0.1, 0.15) is 65.8 Å². The molecule has 1 aliphatic rings. The number of pyridine rings is 2. The second-order valence-corrected chi connectivity index (χ2v) is 19.8. The van der Waals surface area contributed by atoms with Crippen molar-refractivity contribution in [2.24, 2.45) is 0 Å². The van der Waals surface area contributed by atoms with Crippen LogP contribution in [0.4, 0.5) is 0 Å². The SMILES string of the molecule is [2H]C([2H])([2H])c1c[c-]c(-c2cc(C([2H])(C)C)c([Si](C)(C)C)cn2)cc1.[2H]C1([2H])CCC([2H])([2H])c2c1ccnc2-c1[c-]ccc2c1oc1cc(-c3cccc4ccccc34)ccc12.[Ir]. The number of nitrogens with zero attached hydrogens (tertiary/aromatic N) is 2. The molecule has 0 spiro atoms. The van der Waals surface area contributed by atoms with Gasteiger partial charge in [-0.3, -0.25) is 0 Å². The van der Waals surface area contributed by atoms with Crippen LogP contribution in [0.2, 0.25) is 19.6 Å². The monoisotopic (exact) mass is 907 g/mol. The van der Waals surface area contributed by atoms with Gasteiger partial charge in [-0.05, 0) is 82.1 Å². The Balaban J connectivity index is 0.000000202. The Kier molecular flexibility index (Phi) is 8.29. The Morgan fingerprint density at radius 3 is 2.48 bits per heavy atom. The van der Waals surface area contributed by atoms with Gasteiger partial charge in [0.2, 0.25) is 0 Å². The smallest absolute Gasteiger partial charge is 0.121 e. The predicted octanol–water partition coefficient (Wildman–Crippen LogP) is 12.7. The van der Waals surface area contributed by atoms with E-state index in [0.29, 0.717) is 28.0 Å². The summed E-state index contributed by atoms with van der Waals surface area (Å²) in [5, 5.41) is 5.39. The Bertz CT molecular complexity index is 2940. The minimum atomic E-state index is -2.13. The fraction of sp³-hybridized carbons (Fsp3) is 0.224. The van der Waals surface area contributed by atoms with Gasteiger partial charge in [0.05, 0.1) is 13.7 Å². The number of furan rings is 1. The maximum absolute atomic E-state index is 8.70. The van der Waals surface area contributed by atoms with Crippen LogP contribution in [0.15, 0.2) is 120 Å². The zero-order valence-corrected chi connectivity index (χ0v) is 34.4. The molecule has 3 aromatic heterocycles. The van der Waals surface area contributed by atoms with Crippen molar-refractivity contribution in [1.82, 2.24) is 9.97 Å². The van der Waals surface area contributed by atoms with Gasteiger partial charge in [-0.25, -0.2) is 0 Å². The van der Waals surface area contributed by atoms with E-state index in [2.05, 4.69) is 84.2 Å². The van der Waals surface area contributed by atoms with E-state index in [0.717, 1.165) is 44.3 Å². The van der Waals surface area contributed by atoms with Crippen molar-refractivity contribution in [3.05, 3.63) is 150 Å². The van der Waals surface area contributed by atoms with E-state index < -0.39 is 33.6 Å². The summed E-state index contributed by atoms with van der Waals surface area (Å²) in [5.41, 5.74) is 7.81. The average molecular weight is 907 g/mol. The molecule has 273 valence electrons. The van der Waals surface area contributed by atoms with E-state index in [1.165, 1.54) is 22.0 Å². The van der Waals surface area contributed by atoms with Gasteiger partial charge in [0.15, 0.2) is 0 Å². The molecule has 3 nitrogen and oxygen atoms in total. The minimum absolute atomic E-state index is 0. The second-order valence-electron chi connectivity index (χ2n) is 14.7. The third-order valence-corrected chi connectivity index (χ3v) is 11.8. The number of aryl methyl sites for hydroxylation is 2. The minimum Gasteiger partial charge on any atom is -0.501 e. The molecule has 54 heavy (non-hydrogen) atoms. The van der Waals surface area contributed by atoms with Crippen LogP contribution < -0.4 is 5.19 Å². The van der Waals surface area contributed by atoms with Crippen molar-refractivity contribution >= 4 is 46.0 Å². The maximum atomic E-state index is 8.70. The van der Waals surface area contributed by atoms with E-state index in [-0.39, 0.29) is 38.5 Å². The number of fused-ring (bicyclic) bond motifs is 5. The van der Waals surface area contributed by atoms with Crippen LogP contribution in [0.3, 0.4) is 0 Å². The first-order chi connectivity index (χ1) is 28.6. The van der Waals surface area contributed by atoms with Crippen molar-refractivity contribution in [3.8, 4) is 33.6 Å². The molecule has 0 saturated heterocycles. The number of aromatic nitrogens is 2. The van der Waals surface area contributed by atoms with Crippen molar-refractivity contribution in [2.45, 2.75) is 71.8 Å². The average Bonchev–Trinajstić information content (AvgIpc) is 3.59. The van der Waals surface area contributed by atoms with Crippen molar-refractivity contribution in [3.63, 3.8) is 0 Å². The van der Waals surface area contributed by atoms with Crippen LogP contribution in [-0.4, -0.2) is 18.0 Å². The third kappa shape index (κ3) is 7.38. The molecule has 5 aromatic carbocycles. The topological polar surface area (TPSA) is 38.9 Å². The molecule has 5 heteroatoms. The number of rotatable bonds is 5. The summed E-state index contributed by atoms with van der Waals surface area (Å²) in [7, 11) is -1.61. The molecule has 0 amide bonds. The summed E-state index contributed by atoms with van der Waals surface area (Å²) >= 11 is 0. The van der Waals surface area contributed by atoms with Crippen LogP contribution in [0.25, 0.3) is 66.4 Å². The fourth-order valence-electron chi connectivity index (χ4n) is 7.12. The second kappa shape index (κ2) is 15.6. The van der Waals surface area contributed by atoms with E-state index in [9.17, 15) is 0 Å². The summed E-state index contributed by atoms with van der Waals surface area (Å²) in [6.45, 7) is 8.38. The first kappa shape index (κ1) is 28.7. The molecule has 0 aliphatic heterocycles. The van der Waals surface area contributed by atoms with Crippen molar-refractivity contribution in [1.29, 1.82) is 0 Å². The van der Waals surface area contributed by atoms with Crippen LogP contribution in [-0.2, 0) is 32.9 Å². The maximum Gasteiger partial charge on any atom is 0.121 e. The summed E-state index contributed by atoms with van der Waals surface area (Å²) in [4.78, 5) is 9.11. The Morgan fingerprint density at radius 1 is 0.852 bits per heavy atom. The summed E-state index contributed by atoms with van der Waals surface area (Å²) in [5.74, 6) is -0.716. The molecule has 1 aliphatic carbocycles. The molecule has 0 N–H and O–H groups in total. The molecule has 1 radical (unpaired) electrons. The molecular formula is C49H46IrN2OSi-2. The Labute approximate surface area is 345 Å². The summed E-state index contributed by atoms with van der Waals surface area (Å²) < 4.78 is 71.6. The van der Waals surface area contributed by atoms with E-state index in [1.54, 1.807) is 30.5 Å². The molecule has 0 unspecified atom stereocenters. The quantitative estimate of drug-likeness (QED) is 0.128. The Hall–Kier alpha value is -4.67. The molecule has 3 heterocycles. The first-order valence-electron chi connectivity index (χ1n) is 22.0. The molecule has 8 aromatic rings. The summed E-state index contributed by atoms with van der Waals surface area (Å²) in [6.07, 6.45) is 0.351. The van der Waals surface area contributed by atoms with Gasteiger partial charge in [-0.2, -0.15) is 0 Å². The zero-order chi connectivity index (χ0) is 43.7. The van der Waals surface area contributed by atoms with Gasteiger partial charge in [0.25, 0.3) is 0 Å². The van der Waals surface area contributed by atoms with Crippen LogP contribution in [0.5, 0.6) is 0 Å². The number of benzene rings is 5. The Morgan fingerprint density at radius 2 is 1.69 bits per heavy atom. The summed E-state index contributed by atoms with van der Waals surface area (Å²) in [6, 6.07) is 39.2. The predicted molar refractivity (Wildman–Crippen MR) is 226 cm³/mol. The van der Waals surface area contributed by atoms with Crippen molar-refractivity contribution in [2.75, 3.05) is 0 Å². The molecule has 9 rings (SSSR count). The molecule has 0 atom stereocenters.